The van der Waals surface area contributed by atoms with Crippen molar-refractivity contribution < 1.29 is 62.5 Å². The summed E-state index contributed by atoms with van der Waals surface area (Å²) in [4.78, 5) is 101. The summed E-state index contributed by atoms with van der Waals surface area (Å²) in [6, 6.07) is 30.8. The number of cyclic esters (lactones) is 1. The average molecular weight is 977 g/mol. The molecule has 2 saturated heterocycles. The summed E-state index contributed by atoms with van der Waals surface area (Å²) in [5, 5.41) is 24.0. The number of carbonyl (C=O) groups excluding carboxylic acids is 6. The molecular formula is C54H48N4O14. The summed E-state index contributed by atoms with van der Waals surface area (Å²) in [6.45, 7) is 2.83. The van der Waals surface area contributed by atoms with Gasteiger partial charge in [-0.05, 0) is 70.3 Å². The second kappa shape index (κ2) is 21.5. The van der Waals surface area contributed by atoms with Crippen LogP contribution in [0.1, 0.15) is 58.0 Å². The molecule has 5 aromatic carbocycles. The Morgan fingerprint density at radius 1 is 0.875 bits per heavy atom. The number of morpholine rings is 1. The van der Waals surface area contributed by atoms with Gasteiger partial charge < -0.3 is 34.1 Å². The van der Waals surface area contributed by atoms with E-state index in [1.165, 1.54) is 48.5 Å². The maximum absolute atomic E-state index is 16.4. The summed E-state index contributed by atoms with van der Waals surface area (Å²) in [5.41, 5.74) is -0.169. The Balaban J connectivity index is 1.41. The number of amides is 3. The van der Waals surface area contributed by atoms with E-state index in [0.717, 1.165) is 19.1 Å². The molecule has 8 rings (SSSR count). The number of fused-ring (bicyclic) bond motifs is 3. The number of methoxy groups -OCH3 is 2. The van der Waals surface area contributed by atoms with Gasteiger partial charge in [0.05, 0.1) is 49.4 Å². The molecule has 3 aliphatic rings. The quantitative estimate of drug-likeness (QED) is 0.0234. The van der Waals surface area contributed by atoms with E-state index >= 15 is 14.4 Å². The first-order valence-corrected chi connectivity index (χ1v) is 22.7. The van der Waals surface area contributed by atoms with Crippen LogP contribution in [-0.4, -0.2) is 90.8 Å². The Labute approximate surface area is 413 Å². The maximum atomic E-state index is 16.4. The molecule has 1 spiro atoms. The molecule has 3 amide bonds. The van der Waals surface area contributed by atoms with Gasteiger partial charge in [-0.15, -0.1) is 6.58 Å². The highest BCUT2D eigenvalue weighted by atomic mass is 16.6. The van der Waals surface area contributed by atoms with E-state index < -0.39 is 88.8 Å². The van der Waals surface area contributed by atoms with E-state index in [1.54, 1.807) is 48.5 Å². The fourth-order valence-corrected chi connectivity index (χ4v) is 9.91. The van der Waals surface area contributed by atoms with Crippen molar-refractivity contribution in [3.05, 3.63) is 184 Å². The third-order valence-electron chi connectivity index (χ3n) is 12.9. The van der Waals surface area contributed by atoms with Gasteiger partial charge in [0.1, 0.15) is 36.5 Å². The summed E-state index contributed by atoms with van der Waals surface area (Å²) < 4.78 is 27.9. The number of anilines is 1. The highest BCUT2D eigenvalue weighted by Crippen LogP contribution is 2.66. The molecule has 72 heavy (non-hydrogen) atoms. The van der Waals surface area contributed by atoms with E-state index in [2.05, 4.69) is 23.7 Å². The van der Waals surface area contributed by atoms with Crippen LogP contribution < -0.4 is 15.0 Å². The van der Waals surface area contributed by atoms with Gasteiger partial charge in [0.25, 0.3) is 5.69 Å². The number of esters is 3. The highest BCUT2D eigenvalue weighted by molar-refractivity contribution is 6.23. The van der Waals surface area contributed by atoms with Crippen LogP contribution in [0.4, 0.5) is 16.2 Å². The smallest absolute Gasteiger partial charge is 0.421 e. The standard InChI is InChI=1S/C54H48N4O14/c1-4-27-55-48(60)43-45-51(63)72-46(36-16-9-6-10-17-36)44(35-14-7-5-8-15-35)57(45)47(37-18-12-19-39(31-37)70-29-28-59)54(43)41-30-33(13-11-20-40(49(61)68-2)50(62)69-3)23-26-42(41)56(52(54)64)53(65)71-32-34-21-24-38(25-22-34)58(66)67/h4-10,12,14-19,21-26,30-31,40,43-47,59H,1,20,27-29,32H2,2-3H3,(H,55,60)/t43-,44-,45-,46+,47+,54-/m1/s1. The molecule has 0 saturated carbocycles. The summed E-state index contributed by atoms with van der Waals surface area (Å²) in [5.74, 6) is -1.31. The predicted octanol–water partition coefficient (Wildman–Crippen LogP) is 5.97. The van der Waals surface area contributed by atoms with Gasteiger partial charge in [-0.25, -0.2) is 9.69 Å². The van der Waals surface area contributed by atoms with Crippen molar-refractivity contribution in [3.8, 4) is 17.6 Å². The number of nitrogens with one attached hydrogen (secondary N) is 1. The minimum absolute atomic E-state index is 0.0236. The fraction of sp³-hybridized carbons (Fsp3) is 0.259. The zero-order chi connectivity index (χ0) is 51.1. The van der Waals surface area contributed by atoms with Crippen molar-refractivity contribution in [1.82, 2.24) is 10.2 Å². The third kappa shape index (κ3) is 9.26. The number of benzene rings is 5. The first kappa shape index (κ1) is 49.8. The van der Waals surface area contributed by atoms with Crippen LogP contribution in [0.2, 0.25) is 0 Å². The lowest BCUT2D eigenvalue weighted by molar-refractivity contribution is -0.384. The molecule has 0 unspecified atom stereocenters. The fourth-order valence-electron chi connectivity index (χ4n) is 9.91. The molecular weight excluding hydrogens is 929 g/mol. The van der Waals surface area contributed by atoms with E-state index in [4.69, 9.17) is 23.7 Å². The van der Waals surface area contributed by atoms with Crippen LogP contribution >= 0.6 is 0 Å². The molecule has 5 aromatic rings. The molecule has 6 atom stereocenters. The monoisotopic (exact) mass is 976 g/mol. The van der Waals surface area contributed by atoms with Gasteiger partial charge >= 0.3 is 24.0 Å². The van der Waals surface area contributed by atoms with Crippen molar-refractivity contribution in [2.24, 2.45) is 11.8 Å². The Kier molecular flexibility index (Phi) is 14.9. The Hall–Kier alpha value is -8.66. The summed E-state index contributed by atoms with van der Waals surface area (Å²) in [6.07, 6.45) is -1.09. The molecule has 0 aromatic heterocycles. The predicted molar refractivity (Wildman–Crippen MR) is 256 cm³/mol. The number of carbonyl (C=O) groups is 6. The Morgan fingerprint density at radius 2 is 1.54 bits per heavy atom. The molecule has 368 valence electrons. The van der Waals surface area contributed by atoms with Crippen LogP contribution in [-0.2, 0) is 54.9 Å². The minimum atomic E-state index is -2.23. The number of nitrogens with zero attached hydrogens (tertiary/aromatic N) is 3. The van der Waals surface area contributed by atoms with Gasteiger partial charge in [0, 0.05) is 30.7 Å². The minimum Gasteiger partial charge on any atom is -0.491 e. The van der Waals surface area contributed by atoms with Crippen molar-refractivity contribution in [3.63, 3.8) is 0 Å². The first-order valence-electron chi connectivity index (χ1n) is 22.7. The lowest BCUT2D eigenvalue weighted by Crippen LogP contribution is -2.55. The third-order valence-corrected chi connectivity index (χ3v) is 12.9. The first-order chi connectivity index (χ1) is 34.9. The number of aliphatic hydroxyl groups excluding tert-OH is 1. The van der Waals surface area contributed by atoms with Crippen LogP contribution in [0.5, 0.6) is 5.75 Å². The molecule has 0 bridgehead atoms. The zero-order valence-electron chi connectivity index (χ0n) is 39.0. The number of ether oxygens (including phenoxy) is 5. The number of nitro groups is 1. The number of aliphatic hydroxyl groups is 1. The summed E-state index contributed by atoms with van der Waals surface area (Å²) >= 11 is 0. The van der Waals surface area contributed by atoms with Gasteiger partial charge in [0.2, 0.25) is 11.8 Å². The number of hydrogen-bond acceptors (Lipinski definition) is 15. The molecule has 0 aliphatic carbocycles. The largest absolute Gasteiger partial charge is 0.491 e. The molecule has 2 N–H and O–H groups in total. The normalized spacial score (nSPS) is 20.8. The molecule has 0 radical (unpaired) electrons. The van der Waals surface area contributed by atoms with Gasteiger partial charge in [-0.3, -0.25) is 39.0 Å². The number of nitro benzene ring substituents is 1. The SMILES string of the molecule is C=CCNC(=O)[C@H]1[C@@H]2C(=O)O[C@@H](c3ccccc3)[C@@H](c3ccccc3)N2[C@@H](c2cccc(OCCO)c2)[C@]12C(=O)N(C(=O)OCc1ccc([N+](=O)[O-])cc1)c1ccc(C#CCC(C(=O)OC)C(=O)OC)cc12. The number of imide groups is 1. The molecule has 3 aliphatic heterocycles. The van der Waals surface area contributed by atoms with Crippen molar-refractivity contribution in [2.75, 3.05) is 38.9 Å². The second-order valence-corrected chi connectivity index (χ2v) is 16.9. The molecule has 18 nitrogen and oxygen atoms in total. The summed E-state index contributed by atoms with van der Waals surface area (Å²) in [7, 11) is 2.24. The van der Waals surface area contributed by atoms with Crippen molar-refractivity contribution in [2.45, 2.75) is 42.7 Å². The van der Waals surface area contributed by atoms with E-state index in [1.807, 2.05) is 41.3 Å². The average Bonchev–Trinajstić information content (AvgIpc) is 3.86. The van der Waals surface area contributed by atoms with Crippen LogP contribution in [0.3, 0.4) is 0 Å². The van der Waals surface area contributed by atoms with Crippen LogP contribution in [0.15, 0.2) is 140 Å². The number of hydrogen-bond donors (Lipinski definition) is 2. The van der Waals surface area contributed by atoms with Gasteiger partial charge in [-0.2, -0.15) is 0 Å². The number of non-ortho nitro benzene ring substituents is 1. The maximum Gasteiger partial charge on any atom is 0.421 e. The van der Waals surface area contributed by atoms with E-state index in [9.17, 15) is 29.6 Å². The zero-order valence-corrected chi connectivity index (χ0v) is 39.0. The van der Waals surface area contributed by atoms with Crippen molar-refractivity contribution >= 4 is 47.2 Å². The molecule has 18 heteroatoms. The second-order valence-electron chi connectivity index (χ2n) is 16.9. The molecule has 3 heterocycles. The lowest BCUT2D eigenvalue weighted by atomic mass is 9.65. The van der Waals surface area contributed by atoms with Crippen LogP contribution in [0.25, 0.3) is 0 Å². The topological polar surface area (TPSA) is 230 Å². The molecule has 2 fully saturated rings. The van der Waals surface area contributed by atoms with Gasteiger partial charge in [-0.1, -0.05) is 90.7 Å². The van der Waals surface area contributed by atoms with Crippen molar-refractivity contribution in [1.29, 1.82) is 0 Å². The van der Waals surface area contributed by atoms with Gasteiger partial charge in [0.15, 0.2) is 5.92 Å². The Morgan fingerprint density at radius 3 is 2.18 bits per heavy atom. The highest BCUT2D eigenvalue weighted by Gasteiger charge is 2.75. The van der Waals surface area contributed by atoms with Crippen LogP contribution in [0, 0.1) is 33.8 Å². The Bertz CT molecular complexity index is 2960. The lowest BCUT2D eigenvalue weighted by Gasteiger charge is -2.46. The van der Waals surface area contributed by atoms with E-state index in [0.29, 0.717) is 22.3 Å². The number of rotatable bonds is 15. The van der Waals surface area contributed by atoms with E-state index in [-0.39, 0.29) is 54.4 Å².